The van der Waals surface area contributed by atoms with Gasteiger partial charge < -0.3 is 0 Å². The summed E-state index contributed by atoms with van der Waals surface area (Å²) in [6, 6.07) is 3.73. The van der Waals surface area contributed by atoms with Crippen molar-refractivity contribution in [2.75, 3.05) is 5.01 Å². The minimum absolute atomic E-state index is 0.266. The minimum Gasteiger partial charge on any atom is -0.258 e. The molecule has 0 aromatic heterocycles. The highest BCUT2D eigenvalue weighted by Gasteiger charge is 2.45. The van der Waals surface area contributed by atoms with Gasteiger partial charge in [0, 0.05) is 12.5 Å². The zero-order valence-corrected chi connectivity index (χ0v) is 13.9. The van der Waals surface area contributed by atoms with E-state index in [0.29, 0.717) is 12.1 Å². The first kappa shape index (κ1) is 15.9. The lowest BCUT2D eigenvalue weighted by molar-refractivity contribution is -0.393. The third-order valence-corrected chi connectivity index (χ3v) is 4.95. The Morgan fingerprint density at radius 2 is 1.83 bits per heavy atom. The average molecular weight is 383 g/mol. The number of halogens is 1. The maximum Gasteiger partial charge on any atom is 0.301 e. The summed E-state index contributed by atoms with van der Waals surface area (Å²) in [4.78, 5) is 21.1. The van der Waals surface area contributed by atoms with Crippen LogP contribution in [0.3, 0.4) is 0 Å². The maximum absolute atomic E-state index is 11.4. The van der Waals surface area contributed by atoms with Gasteiger partial charge in [-0.2, -0.15) is 5.10 Å². The zero-order valence-electron chi connectivity index (χ0n) is 12.3. The largest absolute Gasteiger partial charge is 0.301 e. The van der Waals surface area contributed by atoms with Gasteiger partial charge in [0.05, 0.1) is 21.5 Å². The Morgan fingerprint density at radius 1 is 1.13 bits per heavy atom. The van der Waals surface area contributed by atoms with Crippen LogP contribution in [0.15, 0.2) is 23.3 Å². The molecule has 1 aromatic carbocycles. The third kappa shape index (κ3) is 2.80. The Kier molecular flexibility index (Phi) is 4.05. The van der Waals surface area contributed by atoms with Crippen molar-refractivity contribution in [1.82, 2.24) is 0 Å². The number of anilines is 1. The second-order valence-corrected chi connectivity index (χ2v) is 6.85. The van der Waals surface area contributed by atoms with E-state index in [2.05, 4.69) is 21.0 Å². The lowest BCUT2D eigenvalue weighted by atomic mass is 9.79. The Balaban J connectivity index is 2.08. The molecule has 1 heterocycles. The van der Waals surface area contributed by atoms with Crippen molar-refractivity contribution in [2.24, 2.45) is 5.10 Å². The van der Waals surface area contributed by atoms with Crippen molar-refractivity contribution < 1.29 is 9.85 Å². The van der Waals surface area contributed by atoms with Crippen LogP contribution in [-0.4, -0.2) is 20.0 Å². The second-order valence-electron chi connectivity index (χ2n) is 5.94. The van der Waals surface area contributed by atoms with E-state index in [9.17, 15) is 20.2 Å². The van der Waals surface area contributed by atoms with Gasteiger partial charge in [0.2, 0.25) is 0 Å². The predicted octanol–water partition coefficient (Wildman–Crippen LogP) is 4.12. The van der Waals surface area contributed by atoms with Gasteiger partial charge in [-0.1, -0.05) is 19.3 Å². The number of non-ortho nitro benzene ring substituents is 1. The topological polar surface area (TPSA) is 102 Å². The summed E-state index contributed by atoms with van der Waals surface area (Å²) in [5.41, 5.74) is -0.523. The Bertz CT molecular complexity index is 700. The molecule has 0 radical (unpaired) electrons. The first-order valence-electron chi connectivity index (χ1n) is 7.39. The van der Waals surface area contributed by atoms with E-state index >= 15 is 0 Å². The standard InChI is InChI=1S/C14H15BrN4O4/c15-13-9-14(6-2-1-3-7-14)17(16-13)11-5-4-10(18(20)21)8-12(11)19(22)23/h4-5,8H,1-3,6-7,9H2. The molecule has 0 bridgehead atoms. The molecule has 1 saturated carbocycles. The van der Waals surface area contributed by atoms with Crippen LogP contribution in [0, 0.1) is 20.2 Å². The molecule has 1 fully saturated rings. The van der Waals surface area contributed by atoms with Crippen LogP contribution in [-0.2, 0) is 0 Å². The van der Waals surface area contributed by atoms with Crippen LogP contribution in [0.25, 0.3) is 0 Å². The molecule has 9 heteroatoms. The highest BCUT2D eigenvalue weighted by Crippen LogP contribution is 2.47. The fourth-order valence-electron chi connectivity index (χ4n) is 3.45. The van der Waals surface area contributed by atoms with E-state index in [4.69, 9.17) is 0 Å². The molecular weight excluding hydrogens is 368 g/mol. The van der Waals surface area contributed by atoms with Gasteiger partial charge in [-0.05, 0) is 34.8 Å². The third-order valence-electron chi connectivity index (χ3n) is 4.51. The van der Waals surface area contributed by atoms with Crippen LogP contribution >= 0.6 is 15.9 Å². The number of hydrazone groups is 1. The van der Waals surface area contributed by atoms with Gasteiger partial charge in [-0.3, -0.25) is 25.2 Å². The Morgan fingerprint density at radius 3 is 2.43 bits per heavy atom. The quantitative estimate of drug-likeness (QED) is 0.577. The Hall–Kier alpha value is -2.03. The molecule has 2 aliphatic rings. The minimum atomic E-state index is -0.629. The van der Waals surface area contributed by atoms with Gasteiger partial charge >= 0.3 is 5.69 Å². The lowest BCUT2D eigenvalue weighted by Gasteiger charge is -2.40. The molecule has 3 rings (SSSR count). The summed E-state index contributed by atoms with van der Waals surface area (Å²) in [7, 11) is 0. The number of rotatable bonds is 3. The van der Waals surface area contributed by atoms with Crippen LogP contribution in [0.5, 0.6) is 0 Å². The number of nitro benzene ring substituents is 2. The summed E-state index contributed by atoms with van der Waals surface area (Å²) in [5.74, 6) is 0. The predicted molar refractivity (Wildman–Crippen MR) is 89.0 cm³/mol. The average Bonchev–Trinajstić information content (AvgIpc) is 2.83. The summed E-state index contributed by atoms with van der Waals surface area (Å²) in [6.45, 7) is 0. The molecule has 8 nitrogen and oxygen atoms in total. The first-order valence-corrected chi connectivity index (χ1v) is 8.18. The van der Waals surface area contributed by atoms with E-state index in [0.717, 1.165) is 42.8 Å². The van der Waals surface area contributed by atoms with Crippen molar-refractivity contribution in [3.05, 3.63) is 38.4 Å². The molecule has 1 aliphatic heterocycles. The number of benzene rings is 1. The van der Waals surface area contributed by atoms with E-state index < -0.39 is 9.85 Å². The van der Waals surface area contributed by atoms with E-state index in [1.165, 1.54) is 12.1 Å². The smallest absolute Gasteiger partial charge is 0.258 e. The number of nitrogens with zero attached hydrogens (tertiary/aromatic N) is 4. The molecule has 0 atom stereocenters. The van der Waals surface area contributed by atoms with Crippen molar-refractivity contribution >= 4 is 37.6 Å². The van der Waals surface area contributed by atoms with Crippen LogP contribution < -0.4 is 5.01 Å². The van der Waals surface area contributed by atoms with Crippen molar-refractivity contribution in [3.63, 3.8) is 0 Å². The van der Waals surface area contributed by atoms with Crippen molar-refractivity contribution in [3.8, 4) is 0 Å². The van der Waals surface area contributed by atoms with Crippen molar-refractivity contribution in [1.29, 1.82) is 0 Å². The first-order chi connectivity index (χ1) is 10.9. The van der Waals surface area contributed by atoms with Crippen molar-refractivity contribution in [2.45, 2.75) is 44.1 Å². The number of hydrogen-bond donors (Lipinski definition) is 0. The van der Waals surface area contributed by atoms with Gasteiger partial charge in [-0.15, -0.1) is 0 Å². The normalized spacial score (nSPS) is 19.7. The molecule has 122 valence electrons. The molecule has 1 aromatic rings. The van der Waals surface area contributed by atoms with Gasteiger partial charge in [0.1, 0.15) is 10.3 Å². The van der Waals surface area contributed by atoms with E-state index in [-0.39, 0.29) is 16.9 Å². The van der Waals surface area contributed by atoms with Crippen LogP contribution in [0.2, 0.25) is 0 Å². The molecule has 1 aliphatic carbocycles. The van der Waals surface area contributed by atoms with E-state index in [1.807, 2.05) is 0 Å². The number of hydrogen-bond acceptors (Lipinski definition) is 6. The van der Waals surface area contributed by atoms with Gasteiger partial charge in [0.25, 0.3) is 5.69 Å². The summed E-state index contributed by atoms with van der Waals surface area (Å²) in [5, 5.41) is 28.4. The summed E-state index contributed by atoms with van der Waals surface area (Å²) < 4.78 is 0.757. The molecule has 0 amide bonds. The Labute approximate surface area is 140 Å². The molecule has 1 spiro atoms. The van der Waals surface area contributed by atoms with Gasteiger partial charge in [-0.25, -0.2) is 0 Å². The molecule has 23 heavy (non-hydrogen) atoms. The summed E-state index contributed by atoms with van der Waals surface area (Å²) >= 11 is 3.42. The molecule has 0 N–H and O–H groups in total. The second kappa shape index (κ2) is 5.88. The fraction of sp³-hybridized carbons (Fsp3) is 0.500. The van der Waals surface area contributed by atoms with Crippen LogP contribution in [0.1, 0.15) is 38.5 Å². The molecular formula is C14H15BrN4O4. The molecule has 0 unspecified atom stereocenters. The monoisotopic (exact) mass is 382 g/mol. The van der Waals surface area contributed by atoms with Crippen LogP contribution in [0.4, 0.5) is 17.1 Å². The lowest BCUT2D eigenvalue weighted by Crippen LogP contribution is -2.44. The zero-order chi connectivity index (χ0) is 16.6. The molecule has 0 saturated heterocycles. The van der Waals surface area contributed by atoms with Gasteiger partial charge in [0.15, 0.2) is 0 Å². The van der Waals surface area contributed by atoms with E-state index in [1.54, 1.807) is 5.01 Å². The highest BCUT2D eigenvalue weighted by atomic mass is 79.9. The SMILES string of the molecule is O=[N+]([O-])c1ccc(N2N=C(Br)CC23CCCCC3)c([N+](=O)[O-])c1. The fourth-order valence-corrected chi connectivity index (χ4v) is 4.14. The highest BCUT2D eigenvalue weighted by molar-refractivity contribution is 9.18. The maximum atomic E-state index is 11.4. The number of nitro groups is 2. The summed E-state index contributed by atoms with van der Waals surface area (Å²) in [6.07, 6.45) is 5.76.